The lowest BCUT2D eigenvalue weighted by molar-refractivity contribution is -0.140. The normalized spacial score (nSPS) is 12.4. The van der Waals surface area contributed by atoms with Gasteiger partial charge in [0.2, 0.25) is 11.8 Å². The maximum absolute atomic E-state index is 13.3. The predicted molar refractivity (Wildman–Crippen MR) is 131 cm³/mol. The van der Waals surface area contributed by atoms with E-state index in [-0.39, 0.29) is 17.4 Å². The zero-order valence-corrected chi connectivity index (χ0v) is 19.6. The van der Waals surface area contributed by atoms with Crippen LogP contribution in [0.4, 0.5) is 0 Å². The quantitative estimate of drug-likeness (QED) is 0.537. The van der Waals surface area contributed by atoms with E-state index in [0.29, 0.717) is 25.8 Å². The molecule has 0 aliphatic heterocycles. The molecular weight excluding hydrogens is 396 g/mol. The third kappa shape index (κ3) is 6.43. The van der Waals surface area contributed by atoms with E-state index in [1.807, 2.05) is 64.1 Å². The van der Waals surface area contributed by atoms with Crippen molar-refractivity contribution in [3.8, 4) is 0 Å². The monoisotopic (exact) mass is 430 g/mol. The number of hydrogen-bond acceptors (Lipinski definition) is 2. The third-order valence-electron chi connectivity index (χ3n) is 5.64. The minimum atomic E-state index is -0.530. The topological polar surface area (TPSA) is 49.4 Å². The van der Waals surface area contributed by atoms with Crippen LogP contribution < -0.4 is 5.32 Å². The van der Waals surface area contributed by atoms with E-state index in [1.54, 1.807) is 4.90 Å². The van der Waals surface area contributed by atoms with Crippen LogP contribution in [0.25, 0.3) is 10.8 Å². The minimum Gasteiger partial charge on any atom is -0.350 e. The van der Waals surface area contributed by atoms with Crippen LogP contribution in [0.15, 0.2) is 72.8 Å². The summed E-state index contributed by atoms with van der Waals surface area (Å²) in [7, 11) is 0. The average molecular weight is 431 g/mol. The number of carbonyl (C=O) groups is 2. The van der Waals surface area contributed by atoms with Crippen LogP contribution in [0.3, 0.4) is 0 Å². The highest BCUT2D eigenvalue weighted by atomic mass is 16.2. The number of amides is 2. The molecule has 0 aliphatic rings. The highest BCUT2D eigenvalue weighted by molar-refractivity contribution is 5.89. The summed E-state index contributed by atoms with van der Waals surface area (Å²) < 4.78 is 0. The second kappa shape index (κ2) is 10.4. The summed E-state index contributed by atoms with van der Waals surface area (Å²) in [6, 6.07) is 24.0. The Morgan fingerprint density at radius 1 is 0.875 bits per heavy atom. The lowest BCUT2D eigenvalue weighted by Crippen LogP contribution is -2.53. The molecule has 3 rings (SSSR count). The fourth-order valence-corrected chi connectivity index (χ4v) is 3.94. The van der Waals surface area contributed by atoms with Gasteiger partial charge in [-0.25, -0.2) is 0 Å². The van der Waals surface area contributed by atoms with Gasteiger partial charge in [0, 0.05) is 18.5 Å². The largest absolute Gasteiger partial charge is 0.350 e. The van der Waals surface area contributed by atoms with Gasteiger partial charge in [0.25, 0.3) is 0 Å². The van der Waals surface area contributed by atoms with Crippen molar-refractivity contribution in [3.05, 3.63) is 83.9 Å². The molecule has 0 radical (unpaired) electrons. The molecule has 1 unspecified atom stereocenters. The molecule has 0 aromatic heterocycles. The van der Waals surface area contributed by atoms with E-state index in [2.05, 4.69) is 41.7 Å². The molecule has 0 aliphatic carbocycles. The first-order chi connectivity index (χ1) is 15.2. The van der Waals surface area contributed by atoms with Crippen molar-refractivity contribution in [1.82, 2.24) is 10.2 Å². The van der Waals surface area contributed by atoms with Crippen molar-refractivity contribution in [2.24, 2.45) is 0 Å². The Hall–Kier alpha value is -3.14. The predicted octanol–water partition coefficient (Wildman–Crippen LogP) is 5.15. The zero-order chi connectivity index (χ0) is 23.1. The van der Waals surface area contributed by atoms with Gasteiger partial charge in [-0.3, -0.25) is 9.59 Å². The molecule has 0 bridgehead atoms. The Bertz CT molecular complexity index is 1050. The number of nitrogens with one attached hydrogen (secondary N) is 1. The molecular formula is C28H34N2O2. The third-order valence-corrected chi connectivity index (χ3v) is 5.64. The highest BCUT2D eigenvalue weighted by Gasteiger charge is 2.27. The second-order valence-corrected chi connectivity index (χ2v) is 9.38. The van der Waals surface area contributed by atoms with Gasteiger partial charge in [-0.15, -0.1) is 0 Å². The van der Waals surface area contributed by atoms with Gasteiger partial charge in [0.15, 0.2) is 0 Å². The Balaban J connectivity index is 1.74. The SMILES string of the molecule is CC(C(=O)NC(C)(C)C)N(CCc1ccccc1)C(=O)CCc1cccc2ccccc12. The lowest BCUT2D eigenvalue weighted by Gasteiger charge is -2.31. The number of benzene rings is 3. The summed E-state index contributed by atoms with van der Waals surface area (Å²) in [4.78, 5) is 27.9. The molecule has 0 fully saturated rings. The molecule has 4 nitrogen and oxygen atoms in total. The molecule has 2 amide bonds. The van der Waals surface area contributed by atoms with E-state index in [4.69, 9.17) is 0 Å². The van der Waals surface area contributed by atoms with Gasteiger partial charge >= 0.3 is 0 Å². The van der Waals surface area contributed by atoms with Crippen molar-refractivity contribution in [3.63, 3.8) is 0 Å². The Labute approximate surface area is 191 Å². The molecule has 3 aromatic rings. The number of rotatable bonds is 8. The van der Waals surface area contributed by atoms with Gasteiger partial charge in [-0.05, 0) is 62.4 Å². The summed E-state index contributed by atoms with van der Waals surface area (Å²) in [5.74, 6) is -0.116. The molecule has 4 heteroatoms. The van der Waals surface area contributed by atoms with Crippen LogP contribution in [0.5, 0.6) is 0 Å². The first-order valence-corrected chi connectivity index (χ1v) is 11.4. The summed E-state index contributed by atoms with van der Waals surface area (Å²) in [5, 5.41) is 5.37. The molecule has 1 atom stereocenters. The zero-order valence-electron chi connectivity index (χ0n) is 19.6. The van der Waals surface area contributed by atoms with E-state index in [9.17, 15) is 9.59 Å². The van der Waals surface area contributed by atoms with Gasteiger partial charge in [-0.1, -0.05) is 72.8 Å². The van der Waals surface area contributed by atoms with E-state index in [0.717, 1.165) is 11.1 Å². The van der Waals surface area contributed by atoms with Crippen LogP contribution in [-0.4, -0.2) is 34.8 Å². The number of nitrogens with zero attached hydrogens (tertiary/aromatic N) is 1. The minimum absolute atomic E-state index is 0.00502. The van der Waals surface area contributed by atoms with Crippen molar-refractivity contribution in [1.29, 1.82) is 0 Å². The van der Waals surface area contributed by atoms with Gasteiger partial charge in [0.05, 0.1) is 0 Å². The summed E-state index contributed by atoms with van der Waals surface area (Å²) in [5.41, 5.74) is 1.97. The maximum Gasteiger partial charge on any atom is 0.242 e. The van der Waals surface area contributed by atoms with E-state index in [1.165, 1.54) is 10.8 Å². The number of carbonyl (C=O) groups excluding carboxylic acids is 2. The molecule has 0 heterocycles. The average Bonchev–Trinajstić information content (AvgIpc) is 2.77. The highest BCUT2D eigenvalue weighted by Crippen LogP contribution is 2.20. The second-order valence-electron chi connectivity index (χ2n) is 9.38. The fraction of sp³-hybridized carbons (Fsp3) is 0.357. The van der Waals surface area contributed by atoms with Crippen LogP contribution >= 0.6 is 0 Å². The molecule has 32 heavy (non-hydrogen) atoms. The summed E-state index contributed by atoms with van der Waals surface area (Å²) >= 11 is 0. The maximum atomic E-state index is 13.3. The number of aryl methyl sites for hydroxylation is 1. The van der Waals surface area contributed by atoms with Crippen LogP contribution in [-0.2, 0) is 22.4 Å². The molecule has 3 aromatic carbocycles. The van der Waals surface area contributed by atoms with E-state index >= 15 is 0 Å². The molecule has 168 valence electrons. The van der Waals surface area contributed by atoms with Gasteiger partial charge < -0.3 is 10.2 Å². The van der Waals surface area contributed by atoms with Crippen molar-refractivity contribution in [2.45, 2.75) is 58.5 Å². The van der Waals surface area contributed by atoms with Gasteiger partial charge in [-0.2, -0.15) is 0 Å². The van der Waals surface area contributed by atoms with Crippen LogP contribution in [0.1, 0.15) is 45.2 Å². The summed E-state index contributed by atoms with van der Waals surface area (Å²) in [6.45, 7) is 8.19. The van der Waals surface area contributed by atoms with Crippen molar-refractivity contribution < 1.29 is 9.59 Å². The van der Waals surface area contributed by atoms with Crippen molar-refractivity contribution in [2.75, 3.05) is 6.54 Å². The van der Waals surface area contributed by atoms with Crippen LogP contribution in [0.2, 0.25) is 0 Å². The number of hydrogen-bond donors (Lipinski definition) is 1. The Morgan fingerprint density at radius 2 is 1.53 bits per heavy atom. The smallest absolute Gasteiger partial charge is 0.242 e. The Morgan fingerprint density at radius 3 is 2.25 bits per heavy atom. The van der Waals surface area contributed by atoms with Crippen molar-refractivity contribution >= 4 is 22.6 Å². The Kier molecular flexibility index (Phi) is 7.68. The van der Waals surface area contributed by atoms with E-state index < -0.39 is 6.04 Å². The fourth-order valence-electron chi connectivity index (χ4n) is 3.94. The lowest BCUT2D eigenvalue weighted by atomic mass is 10.0. The standard InChI is InChI=1S/C28H34N2O2/c1-21(27(32)29-28(2,3)4)30(20-19-22-11-6-5-7-12-22)26(31)18-17-24-15-10-14-23-13-8-9-16-25(23)24/h5-16,21H,17-20H2,1-4H3,(H,29,32). The molecule has 1 N–H and O–H groups in total. The summed E-state index contributed by atoms with van der Waals surface area (Å²) in [6.07, 6.45) is 1.74. The first kappa shape index (κ1) is 23.5. The molecule has 0 spiro atoms. The first-order valence-electron chi connectivity index (χ1n) is 11.4. The van der Waals surface area contributed by atoms with Crippen LogP contribution in [0, 0.1) is 0 Å². The number of fused-ring (bicyclic) bond motifs is 1. The molecule has 0 saturated heterocycles. The molecule has 0 saturated carbocycles. The van der Waals surface area contributed by atoms with Gasteiger partial charge in [0.1, 0.15) is 6.04 Å².